The van der Waals surface area contributed by atoms with E-state index in [0.717, 1.165) is 15.2 Å². The van der Waals surface area contributed by atoms with Gasteiger partial charge in [-0.25, -0.2) is 0 Å². The quantitative estimate of drug-likeness (QED) is 0.649. The average molecular weight is 321 g/mol. The number of phenols is 1. The molecule has 0 saturated heterocycles. The molecule has 2 aromatic carbocycles. The molecule has 5 nitrogen and oxygen atoms in total. The molecular formula is C10H9BrO5S. The molecule has 7 heteroatoms. The van der Waals surface area contributed by atoms with Gasteiger partial charge in [-0.3, -0.25) is 9.11 Å². The summed E-state index contributed by atoms with van der Waals surface area (Å²) in [6.07, 6.45) is 0. The number of phenolic OH excluding ortho intramolecular Hbond substituents is 1. The molecule has 0 radical (unpaired) electrons. The van der Waals surface area contributed by atoms with Crippen molar-refractivity contribution < 1.29 is 22.6 Å². The zero-order chi connectivity index (χ0) is 13.1. The fraction of sp³-hybridized carbons (Fsp3) is 0. The average Bonchev–Trinajstić information content (AvgIpc) is 2.16. The number of rotatable bonds is 0. The van der Waals surface area contributed by atoms with E-state index in [1.807, 2.05) is 24.3 Å². The first-order valence-corrected chi connectivity index (χ1v) is 6.53. The monoisotopic (exact) mass is 320 g/mol. The molecule has 0 spiro atoms. The Morgan fingerprint density at radius 2 is 1.41 bits per heavy atom. The van der Waals surface area contributed by atoms with Crippen LogP contribution in [0.3, 0.4) is 0 Å². The van der Waals surface area contributed by atoms with Crippen LogP contribution in [-0.4, -0.2) is 22.6 Å². The van der Waals surface area contributed by atoms with E-state index in [1.165, 1.54) is 0 Å². The Morgan fingerprint density at radius 3 is 2.00 bits per heavy atom. The molecule has 92 valence electrons. The van der Waals surface area contributed by atoms with Crippen LogP contribution in [0.1, 0.15) is 0 Å². The highest BCUT2D eigenvalue weighted by Crippen LogP contribution is 2.22. The number of hydrogen-bond donors (Lipinski definition) is 3. The van der Waals surface area contributed by atoms with E-state index >= 15 is 0 Å². The molecular weight excluding hydrogens is 312 g/mol. The lowest BCUT2D eigenvalue weighted by Gasteiger charge is -1.98. The van der Waals surface area contributed by atoms with Crippen LogP contribution in [0.4, 0.5) is 0 Å². The van der Waals surface area contributed by atoms with E-state index in [9.17, 15) is 5.11 Å². The number of halogens is 1. The van der Waals surface area contributed by atoms with Gasteiger partial charge in [0.05, 0.1) is 0 Å². The molecule has 2 rings (SSSR count). The van der Waals surface area contributed by atoms with Crippen LogP contribution in [0.5, 0.6) is 5.75 Å². The van der Waals surface area contributed by atoms with Crippen molar-refractivity contribution >= 4 is 37.1 Å². The topological polar surface area (TPSA) is 94.8 Å². The summed E-state index contributed by atoms with van der Waals surface area (Å²) in [7, 11) is -4.67. The smallest absolute Gasteiger partial charge is 0.394 e. The maximum atomic E-state index is 9.19. The SMILES string of the molecule is O=S(=O)(O)O.Oc1ccc2cc(Br)ccc2c1. The second-order valence-corrected chi connectivity index (χ2v) is 4.93. The molecule has 0 aliphatic rings. The second kappa shape index (κ2) is 5.46. The van der Waals surface area contributed by atoms with Gasteiger partial charge in [-0.1, -0.05) is 28.1 Å². The van der Waals surface area contributed by atoms with Crippen LogP contribution in [0.15, 0.2) is 40.9 Å². The van der Waals surface area contributed by atoms with Gasteiger partial charge >= 0.3 is 10.4 Å². The van der Waals surface area contributed by atoms with Crippen LogP contribution in [0.2, 0.25) is 0 Å². The molecule has 3 N–H and O–H groups in total. The second-order valence-electron chi connectivity index (χ2n) is 3.12. The van der Waals surface area contributed by atoms with Crippen molar-refractivity contribution in [3.8, 4) is 5.75 Å². The van der Waals surface area contributed by atoms with E-state index in [0.29, 0.717) is 5.75 Å². The molecule has 0 aromatic heterocycles. The molecule has 0 atom stereocenters. The molecule has 0 fully saturated rings. The summed E-state index contributed by atoms with van der Waals surface area (Å²) in [5, 5.41) is 11.4. The van der Waals surface area contributed by atoms with Crippen LogP contribution in [0.25, 0.3) is 10.8 Å². The van der Waals surface area contributed by atoms with E-state index < -0.39 is 10.4 Å². The van der Waals surface area contributed by atoms with Crippen LogP contribution >= 0.6 is 15.9 Å². The van der Waals surface area contributed by atoms with Crippen molar-refractivity contribution in [2.24, 2.45) is 0 Å². The number of aromatic hydroxyl groups is 1. The van der Waals surface area contributed by atoms with Gasteiger partial charge in [0, 0.05) is 4.47 Å². The minimum atomic E-state index is -4.67. The first-order valence-electron chi connectivity index (χ1n) is 4.34. The van der Waals surface area contributed by atoms with Gasteiger partial charge in [0.2, 0.25) is 0 Å². The summed E-state index contributed by atoms with van der Waals surface area (Å²) in [6, 6.07) is 11.3. The lowest BCUT2D eigenvalue weighted by atomic mass is 10.1. The van der Waals surface area contributed by atoms with Crippen molar-refractivity contribution in [1.82, 2.24) is 0 Å². The van der Waals surface area contributed by atoms with Gasteiger partial charge in [0.15, 0.2) is 0 Å². The van der Waals surface area contributed by atoms with Crippen molar-refractivity contribution in [2.45, 2.75) is 0 Å². The summed E-state index contributed by atoms with van der Waals surface area (Å²) in [5.74, 6) is 0.310. The standard InChI is InChI=1S/C10H7BrO.H2O4S/c11-9-3-1-8-6-10(12)4-2-7(8)5-9;1-5(2,3)4/h1-6,12H;(H2,1,2,3,4). The van der Waals surface area contributed by atoms with Crippen molar-refractivity contribution in [3.05, 3.63) is 40.9 Å². The minimum Gasteiger partial charge on any atom is -0.508 e. The highest BCUT2D eigenvalue weighted by molar-refractivity contribution is 9.10. The highest BCUT2D eigenvalue weighted by Gasteiger charge is 1.94. The number of fused-ring (bicyclic) bond motifs is 1. The third-order valence-electron chi connectivity index (χ3n) is 1.79. The fourth-order valence-corrected chi connectivity index (χ4v) is 1.58. The van der Waals surface area contributed by atoms with Crippen LogP contribution in [-0.2, 0) is 10.4 Å². The highest BCUT2D eigenvalue weighted by atomic mass is 79.9. The molecule has 0 heterocycles. The molecule has 17 heavy (non-hydrogen) atoms. The molecule has 0 aliphatic heterocycles. The Balaban J connectivity index is 0.000000249. The fourth-order valence-electron chi connectivity index (χ4n) is 1.20. The van der Waals surface area contributed by atoms with Gasteiger partial charge in [-0.2, -0.15) is 8.42 Å². The van der Waals surface area contributed by atoms with Crippen molar-refractivity contribution in [1.29, 1.82) is 0 Å². The molecule has 0 bridgehead atoms. The zero-order valence-electron chi connectivity index (χ0n) is 8.41. The van der Waals surface area contributed by atoms with E-state index in [1.54, 1.807) is 12.1 Å². The van der Waals surface area contributed by atoms with Gasteiger partial charge < -0.3 is 5.11 Å². The normalized spacial score (nSPS) is 10.8. The predicted octanol–water partition coefficient (Wildman–Crippen LogP) is 2.66. The molecule has 0 saturated carbocycles. The maximum absolute atomic E-state index is 9.19. The zero-order valence-corrected chi connectivity index (χ0v) is 10.8. The van der Waals surface area contributed by atoms with E-state index in [2.05, 4.69) is 15.9 Å². The van der Waals surface area contributed by atoms with Crippen LogP contribution in [0, 0.1) is 0 Å². The Bertz CT molecular complexity index is 574. The molecule has 0 unspecified atom stereocenters. The Morgan fingerprint density at radius 1 is 0.941 bits per heavy atom. The maximum Gasteiger partial charge on any atom is 0.394 e. The molecule has 0 amide bonds. The third kappa shape index (κ3) is 5.64. The van der Waals surface area contributed by atoms with Crippen molar-refractivity contribution in [2.75, 3.05) is 0 Å². The summed E-state index contributed by atoms with van der Waals surface area (Å²) in [4.78, 5) is 0. The Labute approximate surface area is 106 Å². The Kier molecular flexibility index (Phi) is 4.47. The summed E-state index contributed by atoms with van der Waals surface area (Å²) in [6.45, 7) is 0. The Hall–Kier alpha value is -1.15. The number of hydrogen-bond acceptors (Lipinski definition) is 3. The van der Waals surface area contributed by atoms with Gasteiger partial charge in [0.1, 0.15) is 5.75 Å². The largest absolute Gasteiger partial charge is 0.508 e. The lowest BCUT2D eigenvalue weighted by molar-refractivity contribution is 0.381. The van der Waals surface area contributed by atoms with Crippen molar-refractivity contribution in [3.63, 3.8) is 0 Å². The van der Waals surface area contributed by atoms with Gasteiger partial charge in [-0.15, -0.1) is 0 Å². The first kappa shape index (κ1) is 13.9. The van der Waals surface area contributed by atoms with E-state index in [4.69, 9.17) is 17.5 Å². The summed E-state index contributed by atoms with van der Waals surface area (Å²) >= 11 is 3.39. The predicted molar refractivity (Wildman–Crippen MR) is 67.5 cm³/mol. The van der Waals surface area contributed by atoms with Crippen LogP contribution < -0.4 is 0 Å². The van der Waals surface area contributed by atoms with E-state index in [-0.39, 0.29) is 0 Å². The van der Waals surface area contributed by atoms with Gasteiger partial charge in [-0.05, 0) is 35.0 Å². The lowest BCUT2D eigenvalue weighted by Crippen LogP contribution is -1.89. The summed E-state index contributed by atoms with van der Waals surface area (Å²) in [5.41, 5.74) is 0. The number of benzene rings is 2. The first-order chi connectivity index (χ1) is 7.75. The summed E-state index contributed by atoms with van der Waals surface area (Å²) < 4.78 is 32.6. The molecule has 0 aliphatic carbocycles. The third-order valence-corrected chi connectivity index (χ3v) is 2.28. The minimum absolute atomic E-state index is 0.310. The molecule has 2 aromatic rings. The van der Waals surface area contributed by atoms with Gasteiger partial charge in [0.25, 0.3) is 0 Å².